The molecule has 0 atom stereocenters. The van der Waals surface area contributed by atoms with Gasteiger partial charge in [-0.05, 0) is 30.7 Å². The van der Waals surface area contributed by atoms with Gasteiger partial charge in [-0.25, -0.2) is 4.39 Å². The number of furan rings is 1. The highest BCUT2D eigenvalue weighted by Gasteiger charge is 2.15. The van der Waals surface area contributed by atoms with E-state index in [2.05, 4.69) is 28.6 Å². The molecule has 166 valence electrons. The Hall–Kier alpha value is -2.33. The van der Waals surface area contributed by atoms with E-state index in [-0.39, 0.29) is 29.8 Å². The normalized spacial score (nSPS) is 14.4. The van der Waals surface area contributed by atoms with Gasteiger partial charge >= 0.3 is 0 Å². The Kier molecular flexibility index (Phi) is 8.14. The molecule has 0 saturated carbocycles. The quantitative estimate of drug-likeness (QED) is 0.290. The number of anilines is 1. The lowest BCUT2D eigenvalue weighted by Gasteiger charge is -2.29. The van der Waals surface area contributed by atoms with Crippen LogP contribution in [0, 0.1) is 12.7 Å². The number of fused-ring (bicyclic) bond motifs is 1. The second kappa shape index (κ2) is 10.8. The number of ether oxygens (including phenoxy) is 1. The molecule has 1 aliphatic heterocycles. The van der Waals surface area contributed by atoms with Crippen molar-refractivity contribution in [1.82, 2.24) is 10.6 Å². The van der Waals surface area contributed by atoms with E-state index in [1.807, 2.05) is 35.2 Å². The van der Waals surface area contributed by atoms with Crippen LogP contribution in [0.1, 0.15) is 16.9 Å². The molecule has 1 saturated heterocycles. The van der Waals surface area contributed by atoms with Crippen LogP contribution in [0.5, 0.6) is 0 Å². The highest BCUT2D eigenvalue weighted by atomic mass is 127. The zero-order valence-electron chi connectivity index (χ0n) is 17.8. The topological polar surface area (TPSA) is 62.0 Å². The molecule has 1 aliphatic rings. The number of nitrogens with one attached hydrogen (secondary N) is 2. The molecule has 0 spiro atoms. The minimum Gasteiger partial charge on any atom is -0.459 e. The summed E-state index contributed by atoms with van der Waals surface area (Å²) in [4.78, 5) is 6.27. The molecule has 0 radical (unpaired) electrons. The number of aryl methyl sites for hydroxylation is 1. The first-order chi connectivity index (χ1) is 14.7. The van der Waals surface area contributed by atoms with Crippen molar-refractivity contribution in [2.45, 2.75) is 20.0 Å². The van der Waals surface area contributed by atoms with E-state index in [0.717, 1.165) is 27.9 Å². The molecular formula is C23H28FIN4O2. The molecule has 0 bridgehead atoms. The third kappa shape index (κ3) is 5.48. The molecule has 6 nitrogen and oxygen atoms in total. The second-order valence-electron chi connectivity index (χ2n) is 7.31. The van der Waals surface area contributed by atoms with Gasteiger partial charge < -0.3 is 24.7 Å². The van der Waals surface area contributed by atoms with Gasteiger partial charge in [0.15, 0.2) is 5.96 Å². The maximum absolute atomic E-state index is 14.6. The van der Waals surface area contributed by atoms with Crippen molar-refractivity contribution in [1.29, 1.82) is 0 Å². The predicted molar refractivity (Wildman–Crippen MR) is 133 cm³/mol. The summed E-state index contributed by atoms with van der Waals surface area (Å²) >= 11 is 0. The number of hydrogen-bond donors (Lipinski definition) is 2. The Bertz CT molecular complexity index is 1050. The van der Waals surface area contributed by atoms with Crippen LogP contribution in [0.15, 0.2) is 51.9 Å². The fraction of sp³-hybridized carbons (Fsp3) is 0.348. The van der Waals surface area contributed by atoms with Crippen LogP contribution in [0.3, 0.4) is 0 Å². The Morgan fingerprint density at radius 1 is 1.10 bits per heavy atom. The van der Waals surface area contributed by atoms with Crippen LogP contribution in [-0.4, -0.2) is 39.3 Å². The summed E-state index contributed by atoms with van der Waals surface area (Å²) in [5.41, 5.74) is 3.48. The van der Waals surface area contributed by atoms with Gasteiger partial charge in [-0.15, -0.1) is 24.0 Å². The SMILES string of the molecule is CN=C(NCc1ccc(N2CCOCC2)c(F)c1)NCc1oc2ccccc2c1C.I. The van der Waals surface area contributed by atoms with Crippen molar-refractivity contribution in [3.05, 3.63) is 65.2 Å². The van der Waals surface area contributed by atoms with Gasteiger partial charge in [-0.1, -0.05) is 24.3 Å². The number of guanidine groups is 1. The summed E-state index contributed by atoms with van der Waals surface area (Å²) in [5.74, 6) is 1.30. The molecule has 3 aromatic rings. The van der Waals surface area contributed by atoms with Crippen molar-refractivity contribution in [3.63, 3.8) is 0 Å². The van der Waals surface area contributed by atoms with Crippen molar-refractivity contribution in [3.8, 4) is 0 Å². The van der Waals surface area contributed by atoms with Gasteiger partial charge in [0.1, 0.15) is 17.2 Å². The Labute approximate surface area is 198 Å². The molecule has 4 rings (SSSR count). The number of aliphatic imine (C=N–C) groups is 1. The standard InChI is InChI=1S/C23H27FN4O2.HI/c1-16-18-5-3-4-6-21(18)30-22(16)15-27-23(25-2)26-14-17-7-8-20(19(24)13-17)28-9-11-29-12-10-28;/h3-8,13H,9-12,14-15H2,1-2H3,(H2,25,26,27);1H. The van der Waals surface area contributed by atoms with Gasteiger partial charge in [0.2, 0.25) is 0 Å². The molecule has 8 heteroatoms. The predicted octanol–water partition coefficient (Wildman–Crippen LogP) is 4.20. The Morgan fingerprint density at radius 2 is 1.84 bits per heavy atom. The maximum atomic E-state index is 14.6. The van der Waals surface area contributed by atoms with E-state index < -0.39 is 0 Å². The fourth-order valence-corrected chi connectivity index (χ4v) is 3.69. The average molecular weight is 538 g/mol. The molecule has 2 N–H and O–H groups in total. The zero-order valence-corrected chi connectivity index (χ0v) is 20.1. The molecule has 1 aromatic heterocycles. The molecule has 0 aliphatic carbocycles. The van der Waals surface area contributed by atoms with Crippen molar-refractivity contribution >= 4 is 46.6 Å². The second-order valence-corrected chi connectivity index (χ2v) is 7.31. The summed E-state index contributed by atoms with van der Waals surface area (Å²) in [7, 11) is 1.71. The summed E-state index contributed by atoms with van der Waals surface area (Å²) < 4.78 is 25.9. The largest absolute Gasteiger partial charge is 0.459 e. The minimum atomic E-state index is -0.211. The highest BCUT2D eigenvalue weighted by molar-refractivity contribution is 14.0. The number of benzene rings is 2. The van der Waals surface area contributed by atoms with Crippen LogP contribution >= 0.6 is 24.0 Å². The molecule has 0 amide bonds. The van der Waals surface area contributed by atoms with Crippen LogP contribution in [0.4, 0.5) is 10.1 Å². The van der Waals surface area contributed by atoms with Gasteiger partial charge in [-0.3, -0.25) is 4.99 Å². The molecule has 31 heavy (non-hydrogen) atoms. The van der Waals surface area contributed by atoms with Crippen LogP contribution < -0.4 is 15.5 Å². The Morgan fingerprint density at radius 3 is 2.55 bits per heavy atom. The number of para-hydroxylation sites is 1. The summed E-state index contributed by atoms with van der Waals surface area (Å²) in [6, 6.07) is 13.4. The van der Waals surface area contributed by atoms with Gasteiger partial charge in [-0.2, -0.15) is 0 Å². The van der Waals surface area contributed by atoms with Crippen LogP contribution in [0.2, 0.25) is 0 Å². The van der Waals surface area contributed by atoms with E-state index >= 15 is 0 Å². The molecule has 0 unspecified atom stereocenters. The summed E-state index contributed by atoms with van der Waals surface area (Å²) in [6.45, 7) is 5.74. The first-order valence-electron chi connectivity index (χ1n) is 10.2. The highest BCUT2D eigenvalue weighted by Crippen LogP contribution is 2.25. The summed E-state index contributed by atoms with van der Waals surface area (Å²) in [6.07, 6.45) is 0. The lowest BCUT2D eigenvalue weighted by atomic mass is 10.1. The van der Waals surface area contributed by atoms with Crippen LogP contribution in [-0.2, 0) is 17.8 Å². The zero-order chi connectivity index (χ0) is 20.9. The number of nitrogens with zero attached hydrogens (tertiary/aromatic N) is 2. The Balaban J connectivity index is 0.00000272. The van der Waals surface area contributed by atoms with Crippen molar-refractivity contribution in [2.24, 2.45) is 4.99 Å². The van der Waals surface area contributed by atoms with Gasteiger partial charge in [0.25, 0.3) is 0 Å². The summed E-state index contributed by atoms with van der Waals surface area (Å²) in [5, 5.41) is 7.62. The first-order valence-corrected chi connectivity index (χ1v) is 10.2. The molecule has 2 heterocycles. The van der Waals surface area contributed by atoms with Gasteiger partial charge in [0, 0.05) is 37.6 Å². The average Bonchev–Trinajstić information content (AvgIpc) is 3.10. The minimum absolute atomic E-state index is 0. The van der Waals surface area contributed by atoms with Crippen molar-refractivity contribution < 1.29 is 13.5 Å². The lowest BCUT2D eigenvalue weighted by molar-refractivity contribution is 0.122. The van der Waals surface area contributed by atoms with E-state index in [0.29, 0.717) is 51.0 Å². The molecule has 2 aromatic carbocycles. The lowest BCUT2D eigenvalue weighted by Crippen LogP contribution is -2.37. The van der Waals surface area contributed by atoms with Crippen LogP contribution in [0.25, 0.3) is 11.0 Å². The van der Waals surface area contributed by atoms with E-state index in [4.69, 9.17) is 9.15 Å². The third-order valence-electron chi connectivity index (χ3n) is 5.41. The molecular weight excluding hydrogens is 510 g/mol. The van der Waals surface area contributed by atoms with Crippen molar-refractivity contribution in [2.75, 3.05) is 38.3 Å². The number of halogens is 2. The third-order valence-corrected chi connectivity index (χ3v) is 5.41. The van der Waals surface area contributed by atoms with E-state index in [9.17, 15) is 4.39 Å². The number of hydrogen-bond acceptors (Lipinski definition) is 4. The number of morpholine rings is 1. The maximum Gasteiger partial charge on any atom is 0.191 e. The van der Waals surface area contributed by atoms with E-state index in [1.54, 1.807) is 13.1 Å². The van der Waals surface area contributed by atoms with E-state index in [1.165, 1.54) is 0 Å². The smallest absolute Gasteiger partial charge is 0.191 e. The molecule has 1 fully saturated rings. The fourth-order valence-electron chi connectivity index (χ4n) is 3.69. The number of rotatable bonds is 5. The van der Waals surface area contributed by atoms with Gasteiger partial charge in [0.05, 0.1) is 25.4 Å². The first kappa shape index (κ1) is 23.3. The monoisotopic (exact) mass is 538 g/mol.